The van der Waals surface area contributed by atoms with Crippen LogP contribution in [0.5, 0.6) is 0 Å². The summed E-state index contributed by atoms with van der Waals surface area (Å²) in [5.41, 5.74) is 0. The lowest BCUT2D eigenvalue weighted by atomic mass is 10.0. The third-order valence-electron chi connectivity index (χ3n) is 10.8. The molecule has 0 bridgehead atoms. The normalized spacial score (nSPS) is 11.5. The van der Waals surface area contributed by atoms with Crippen LogP contribution in [-0.4, -0.2) is 0 Å². The van der Waals surface area contributed by atoms with Gasteiger partial charge in [-0.1, -0.05) is 276 Å². The van der Waals surface area contributed by atoms with E-state index >= 15 is 0 Å². The van der Waals surface area contributed by atoms with E-state index in [0.717, 1.165) is 0 Å². The fourth-order valence-corrected chi connectivity index (χ4v) is 7.43. The van der Waals surface area contributed by atoms with E-state index in [1.54, 1.807) is 0 Å². The molecule has 0 radical (unpaired) electrons. The Kier molecular flexibility index (Phi) is 44.5. The third-order valence-corrected chi connectivity index (χ3v) is 10.8. The summed E-state index contributed by atoms with van der Waals surface area (Å²) in [5, 5.41) is 0. The van der Waals surface area contributed by atoms with Gasteiger partial charge in [0.15, 0.2) is 0 Å². The first-order valence-electron chi connectivity index (χ1n) is 22.5. The van der Waals surface area contributed by atoms with Gasteiger partial charge in [-0.05, 0) is 12.8 Å². The molecule has 0 aromatic rings. The maximum atomic E-state index is 3.81. The van der Waals surface area contributed by atoms with Crippen LogP contribution in [0.2, 0.25) is 0 Å². The van der Waals surface area contributed by atoms with E-state index in [1.165, 1.54) is 276 Å². The number of hydrogen-bond donors (Lipinski definition) is 0. The highest BCUT2D eigenvalue weighted by Crippen LogP contribution is 2.18. The molecule has 276 valence electrons. The van der Waals surface area contributed by atoms with Crippen molar-refractivity contribution in [3.8, 4) is 0 Å². The molecule has 0 rings (SSSR count). The number of allylic oxidation sites excluding steroid dienone is 1. The second kappa shape index (κ2) is 44.7. The van der Waals surface area contributed by atoms with Crippen LogP contribution in [0.4, 0.5) is 0 Å². The molecular weight excluding hydrogens is 553 g/mol. The van der Waals surface area contributed by atoms with Gasteiger partial charge in [-0.3, -0.25) is 0 Å². The van der Waals surface area contributed by atoms with E-state index in [2.05, 4.69) is 19.6 Å². The Bertz CT molecular complexity index is 506. The summed E-state index contributed by atoms with van der Waals surface area (Å²) in [6.45, 7) is 6.12. The van der Waals surface area contributed by atoms with Gasteiger partial charge in [-0.15, -0.1) is 6.58 Å². The molecule has 0 saturated carbocycles. The van der Waals surface area contributed by atoms with Crippen molar-refractivity contribution in [2.24, 2.45) is 0 Å². The van der Waals surface area contributed by atoms with E-state index in [4.69, 9.17) is 0 Å². The molecule has 0 amide bonds. The smallest absolute Gasteiger partial charge is 0.0353 e. The SMILES string of the molecule is C=CCCCCCCCCCCCCCCCCCCCCCCCCCCCCCCCCCCCCCCCCCCCC. The van der Waals surface area contributed by atoms with Crippen LogP contribution in [0.25, 0.3) is 0 Å². The Labute approximate surface area is 294 Å². The van der Waals surface area contributed by atoms with Crippen molar-refractivity contribution in [2.45, 2.75) is 283 Å². The van der Waals surface area contributed by atoms with E-state index in [-0.39, 0.29) is 0 Å². The molecule has 0 spiro atoms. The minimum atomic E-state index is 1.21. The first-order chi connectivity index (χ1) is 22.9. The number of rotatable bonds is 43. The van der Waals surface area contributed by atoms with Crippen molar-refractivity contribution in [3.05, 3.63) is 12.7 Å². The summed E-state index contributed by atoms with van der Waals surface area (Å²) in [6, 6.07) is 0. The molecule has 0 unspecified atom stereocenters. The average Bonchev–Trinajstić information content (AvgIpc) is 3.07. The molecule has 46 heavy (non-hydrogen) atoms. The van der Waals surface area contributed by atoms with Gasteiger partial charge in [0, 0.05) is 0 Å². The Morgan fingerprint density at radius 2 is 0.348 bits per heavy atom. The van der Waals surface area contributed by atoms with Crippen LogP contribution in [0.3, 0.4) is 0 Å². The van der Waals surface area contributed by atoms with Crippen molar-refractivity contribution in [1.29, 1.82) is 0 Å². The zero-order valence-electron chi connectivity index (χ0n) is 32.7. The fraction of sp³-hybridized carbons (Fsp3) is 0.957. The highest BCUT2D eigenvalue weighted by Gasteiger charge is 1.98. The summed E-state index contributed by atoms with van der Waals surface area (Å²) in [5.74, 6) is 0. The molecule has 0 fully saturated rings. The molecule has 0 aromatic carbocycles. The largest absolute Gasteiger partial charge is 0.103 e. The molecule has 0 N–H and O–H groups in total. The monoisotopic (exact) mass is 645 g/mol. The molecule has 0 aliphatic heterocycles. The van der Waals surface area contributed by atoms with Gasteiger partial charge in [0.1, 0.15) is 0 Å². The molecule has 0 heterocycles. The third kappa shape index (κ3) is 43.7. The maximum absolute atomic E-state index is 3.81. The second-order valence-corrected chi connectivity index (χ2v) is 15.6. The van der Waals surface area contributed by atoms with Crippen LogP contribution in [0.1, 0.15) is 283 Å². The Hall–Kier alpha value is -0.260. The molecule has 0 aliphatic rings. The zero-order chi connectivity index (χ0) is 33.1. The molecule has 0 aromatic heterocycles. The van der Waals surface area contributed by atoms with Crippen LogP contribution in [-0.2, 0) is 0 Å². The molecular formula is C46H92. The Morgan fingerprint density at radius 1 is 0.217 bits per heavy atom. The van der Waals surface area contributed by atoms with Crippen molar-refractivity contribution < 1.29 is 0 Å². The quantitative estimate of drug-likeness (QED) is 0.0457. The van der Waals surface area contributed by atoms with Gasteiger partial charge in [-0.25, -0.2) is 0 Å². The van der Waals surface area contributed by atoms with Gasteiger partial charge in [0.25, 0.3) is 0 Å². The number of hydrogen-bond acceptors (Lipinski definition) is 0. The summed E-state index contributed by atoms with van der Waals surface area (Å²) in [4.78, 5) is 0. The molecule has 0 aliphatic carbocycles. The van der Waals surface area contributed by atoms with Gasteiger partial charge in [0.05, 0.1) is 0 Å². The summed E-state index contributed by atoms with van der Waals surface area (Å²) < 4.78 is 0. The van der Waals surface area contributed by atoms with Gasteiger partial charge < -0.3 is 0 Å². The van der Waals surface area contributed by atoms with Crippen molar-refractivity contribution in [1.82, 2.24) is 0 Å². The lowest BCUT2D eigenvalue weighted by Gasteiger charge is -2.05. The van der Waals surface area contributed by atoms with Crippen LogP contribution < -0.4 is 0 Å². The molecule has 0 heteroatoms. The maximum Gasteiger partial charge on any atom is -0.0353 e. The Morgan fingerprint density at radius 3 is 0.478 bits per heavy atom. The standard InChI is InChI=1S/C46H92/c1-3-5-7-9-11-13-15-17-19-21-23-25-27-29-31-33-35-37-39-41-43-45-46-44-42-40-38-36-34-32-30-28-26-24-22-20-18-16-14-12-10-8-6-4-2/h3H,1,4-46H2,2H3. The highest BCUT2D eigenvalue weighted by molar-refractivity contribution is 4.65. The van der Waals surface area contributed by atoms with Gasteiger partial charge >= 0.3 is 0 Å². The van der Waals surface area contributed by atoms with Crippen LogP contribution in [0, 0.1) is 0 Å². The lowest BCUT2D eigenvalue weighted by Crippen LogP contribution is -1.85. The van der Waals surface area contributed by atoms with E-state index in [1.807, 2.05) is 0 Å². The van der Waals surface area contributed by atoms with Crippen molar-refractivity contribution >= 4 is 0 Å². The lowest BCUT2D eigenvalue weighted by molar-refractivity contribution is 0.509. The highest BCUT2D eigenvalue weighted by atomic mass is 14.0. The first-order valence-corrected chi connectivity index (χ1v) is 22.5. The van der Waals surface area contributed by atoms with Crippen LogP contribution in [0.15, 0.2) is 12.7 Å². The van der Waals surface area contributed by atoms with E-state index < -0.39 is 0 Å². The van der Waals surface area contributed by atoms with Crippen LogP contribution >= 0.6 is 0 Å². The molecule has 0 atom stereocenters. The minimum absolute atomic E-state index is 1.21. The minimum Gasteiger partial charge on any atom is -0.103 e. The second-order valence-electron chi connectivity index (χ2n) is 15.6. The van der Waals surface area contributed by atoms with Crippen molar-refractivity contribution in [2.75, 3.05) is 0 Å². The zero-order valence-corrected chi connectivity index (χ0v) is 32.7. The predicted octanol–water partition coefficient (Wildman–Crippen LogP) is 18.0. The Balaban J connectivity index is 3.03. The fourth-order valence-electron chi connectivity index (χ4n) is 7.43. The first kappa shape index (κ1) is 45.7. The molecule has 0 saturated heterocycles. The average molecular weight is 645 g/mol. The molecule has 0 nitrogen and oxygen atoms in total. The van der Waals surface area contributed by atoms with E-state index in [9.17, 15) is 0 Å². The summed E-state index contributed by atoms with van der Waals surface area (Å²) in [6.07, 6.45) is 65.4. The predicted molar refractivity (Wildman–Crippen MR) is 214 cm³/mol. The number of unbranched alkanes of at least 4 members (excludes halogenated alkanes) is 42. The van der Waals surface area contributed by atoms with Gasteiger partial charge in [0.2, 0.25) is 0 Å². The summed E-state index contributed by atoms with van der Waals surface area (Å²) in [7, 11) is 0. The van der Waals surface area contributed by atoms with E-state index in [0.29, 0.717) is 0 Å². The van der Waals surface area contributed by atoms with Gasteiger partial charge in [-0.2, -0.15) is 0 Å². The summed E-state index contributed by atoms with van der Waals surface area (Å²) >= 11 is 0. The van der Waals surface area contributed by atoms with Crippen molar-refractivity contribution in [3.63, 3.8) is 0 Å². The topological polar surface area (TPSA) is 0 Å².